The molecule has 0 saturated carbocycles. The van der Waals surface area contributed by atoms with Crippen LogP contribution in [0.25, 0.3) is 0 Å². The second kappa shape index (κ2) is 3.91. The highest BCUT2D eigenvalue weighted by molar-refractivity contribution is 5.83. The van der Waals surface area contributed by atoms with Gasteiger partial charge in [-0.05, 0) is 18.4 Å². The van der Waals surface area contributed by atoms with Crippen LogP contribution in [0.4, 0.5) is 0 Å². The molecule has 1 N–H and O–H groups in total. The van der Waals surface area contributed by atoms with Crippen molar-refractivity contribution in [2.45, 2.75) is 31.5 Å². The summed E-state index contributed by atoms with van der Waals surface area (Å²) in [7, 11) is 0. The van der Waals surface area contributed by atoms with Gasteiger partial charge in [0.1, 0.15) is 0 Å². The highest BCUT2D eigenvalue weighted by atomic mass is 16.2. The molecule has 2 atom stereocenters. The van der Waals surface area contributed by atoms with Gasteiger partial charge in [0.05, 0.1) is 6.04 Å². The SMILES string of the molecule is O=C1NC2CCC1N(Cc1ccccc1)C2. The Morgan fingerprint density at radius 2 is 2.06 bits per heavy atom. The number of rotatable bonds is 2. The molecule has 3 fully saturated rings. The molecule has 1 aromatic carbocycles. The van der Waals surface area contributed by atoms with Crippen LogP contribution >= 0.6 is 0 Å². The summed E-state index contributed by atoms with van der Waals surface area (Å²) in [6, 6.07) is 10.9. The molecule has 3 heterocycles. The van der Waals surface area contributed by atoms with Crippen molar-refractivity contribution in [3.63, 3.8) is 0 Å². The maximum Gasteiger partial charge on any atom is 0.237 e. The zero-order valence-corrected chi connectivity index (χ0v) is 9.23. The fraction of sp³-hybridized carbons (Fsp3) is 0.462. The number of piperidine rings is 2. The zero-order chi connectivity index (χ0) is 11.0. The van der Waals surface area contributed by atoms with Crippen molar-refractivity contribution in [3.8, 4) is 0 Å². The van der Waals surface area contributed by atoms with Gasteiger partial charge in [0.15, 0.2) is 0 Å². The largest absolute Gasteiger partial charge is 0.351 e. The lowest BCUT2D eigenvalue weighted by Gasteiger charge is -2.44. The van der Waals surface area contributed by atoms with E-state index in [0.29, 0.717) is 6.04 Å². The highest BCUT2D eigenvalue weighted by Crippen LogP contribution is 2.24. The van der Waals surface area contributed by atoms with Gasteiger partial charge in [-0.2, -0.15) is 0 Å². The molecule has 16 heavy (non-hydrogen) atoms. The predicted octanol–water partition coefficient (Wildman–Crippen LogP) is 1.15. The van der Waals surface area contributed by atoms with Gasteiger partial charge in [0.2, 0.25) is 5.91 Å². The molecule has 0 spiro atoms. The van der Waals surface area contributed by atoms with Gasteiger partial charge in [0, 0.05) is 19.1 Å². The maximum absolute atomic E-state index is 11.7. The van der Waals surface area contributed by atoms with Crippen molar-refractivity contribution in [1.82, 2.24) is 10.2 Å². The van der Waals surface area contributed by atoms with Crippen molar-refractivity contribution in [1.29, 1.82) is 0 Å². The number of benzene rings is 1. The number of fused-ring (bicyclic) bond motifs is 3. The lowest BCUT2D eigenvalue weighted by atomic mass is 9.92. The van der Waals surface area contributed by atoms with E-state index in [1.54, 1.807) is 0 Å². The van der Waals surface area contributed by atoms with Crippen LogP contribution in [0.3, 0.4) is 0 Å². The first-order valence-electron chi connectivity index (χ1n) is 5.91. The smallest absolute Gasteiger partial charge is 0.237 e. The lowest BCUT2D eigenvalue weighted by Crippen LogP contribution is -2.63. The minimum Gasteiger partial charge on any atom is -0.351 e. The third-order valence-corrected chi connectivity index (χ3v) is 3.56. The standard InChI is InChI=1S/C13H16N2O/c16-13-12-7-6-11(14-13)9-15(12)8-10-4-2-1-3-5-10/h1-5,11-12H,6-9H2,(H,14,16). The Balaban J connectivity index is 1.74. The van der Waals surface area contributed by atoms with Crippen molar-refractivity contribution in [2.24, 2.45) is 0 Å². The molecule has 1 amide bonds. The van der Waals surface area contributed by atoms with E-state index in [1.807, 2.05) is 6.07 Å². The molecule has 0 aliphatic carbocycles. The van der Waals surface area contributed by atoms with Gasteiger partial charge < -0.3 is 5.32 Å². The van der Waals surface area contributed by atoms with E-state index in [9.17, 15) is 4.79 Å². The normalized spacial score (nSPS) is 29.1. The van der Waals surface area contributed by atoms with Crippen molar-refractivity contribution in [3.05, 3.63) is 35.9 Å². The molecule has 0 aromatic heterocycles. The summed E-state index contributed by atoms with van der Waals surface area (Å²) in [5.41, 5.74) is 1.29. The number of hydrogen-bond acceptors (Lipinski definition) is 2. The van der Waals surface area contributed by atoms with Crippen molar-refractivity contribution < 1.29 is 4.79 Å². The van der Waals surface area contributed by atoms with E-state index in [1.165, 1.54) is 5.56 Å². The average Bonchev–Trinajstić information content (AvgIpc) is 2.30. The van der Waals surface area contributed by atoms with E-state index in [0.717, 1.165) is 25.9 Å². The van der Waals surface area contributed by atoms with E-state index in [2.05, 4.69) is 34.5 Å². The molecule has 0 radical (unpaired) electrons. The van der Waals surface area contributed by atoms with E-state index >= 15 is 0 Å². The Hall–Kier alpha value is -1.35. The van der Waals surface area contributed by atoms with Crippen molar-refractivity contribution >= 4 is 5.91 Å². The van der Waals surface area contributed by atoms with E-state index in [4.69, 9.17) is 0 Å². The first-order chi connectivity index (χ1) is 7.83. The minimum atomic E-state index is 0.102. The first kappa shape index (κ1) is 9.85. The van der Waals surface area contributed by atoms with E-state index < -0.39 is 0 Å². The average molecular weight is 216 g/mol. The summed E-state index contributed by atoms with van der Waals surface area (Å²) < 4.78 is 0. The van der Waals surface area contributed by atoms with Gasteiger partial charge in [-0.25, -0.2) is 0 Å². The highest BCUT2D eigenvalue weighted by Gasteiger charge is 2.39. The van der Waals surface area contributed by atoms with Crippen LogP contribution in [-0.2, 0) is 11.3 Å². The fourth-order valence-electron chi connectivity index (χ4n) is 2.75. The molecule has 3 aliphatic heterocycles. The summed E-state index contributed by atoms with van der Waals surface area (Å²) in [6.45, 7) is 1.90. The number of nitrogens with zero attached hydrogens (tertiary/aromatic N) is 1. The fourth-order valence-corrected chi connectivity index (χ4v) is 2.75. The second-order valence-electron chi connectivity index (χ2n) is 4.71. The topological polar surface area (TPSA) is 32.3 Å². The number of nitrogens with one attached hydrogen (secondary N) is 1. The Bertz CT molecular complexity index is 390. The Morgan fingerprint density at radius 1 is 1.25 bits per heavy atom. The second-order valence-corrected chi connectivity index (χ2v) is 4.71. The molecule has 3 aliphatic rings. The zero-order valence-electron chi connectivity index (χ0n) is 9.23. The third-order valence-electron chi connectivity index (χ3n) is 3.56. The van der Waals surface area contributed by atoms with Crippen LogP contribution in [-0.4, -0.2) is 29.4 Å². The van der Waals surface area contributed by atoms with Gasteiger partial charge >= 0.3 is 0 Å². The Labute approximate surface area is 95.4 Å². The molecular weight excluding hydrogens is 200 g/mol. The third kappa shape index (κ3) is 1.71. The number of piperazine rings is 1. The first-order valence-corrected chi connectivity index (χ1v) is 5.91. The Morgan fingerprint density at radius 3 is 2.75 bits per heavy atom. The van der Waals surface area contributed by atoms with Crippen LogP contribution in [0.5, 0.6) is 0 Å². The van der Waals surface area contributed by atoms with Gasteiger partial charge in [-0.3, -0.25) is 9.69 Å². The number of hydrogen-bond donors (Lipinski definition) is 1. The molecule has 2 bridgehead atoms. The molecule has 84 valence electrons. The molecule has 3 nitrogen and oxygen atoms in total. The summed E-state index contributed by atoms with van der Waals surface area (Å²) in [5, 5.41) is 3.05. The Kier molecular flexibility index (Phi) is 2.40. The molecule has 4 rings (SSSR count). The summed E-state index contributed by atoms with van der Waals surface area (Å²) in [4.78, 5) is 14.0. The molecule has 3 heteroatoms. The molecule has 1 aromatic rings. The number of carbonyl (C=O) groups is 1. The number of carbonyl (C=O) groups excluding carboxylic acids is 1. The summed E-state index contributed by atoms with van der Waals surface area (Å²) >= 11 is 0. The minimum absolute atomic E-state index is 0.102. The summed E-state index contributed by atoms with van der Waals surface area (Å²) in [6.07, 6.45) is 2.16. The van der Waals surface area contributed by atoms with Crippen LogP contribution in [0.15, 0.2) is 30.3 Å². The van der Waals surface area contributed by atoms with Gasteiger partial charge in [0.25, 0.3) is 0 Å². The van der Waals surface area contributed by atoms with Gasteiger partial charge in [-0.1, -0.05) is 30.3 Å². The monoisotopic (exact) mass is 216 g/mol. The molecule has 3 saturated heterocycles. The lowest BCUT2D eigenvalue weighted by molar-refractivity contribution is -0.134. The quantitative estimate of drug-likeness (QED) is 0.804. The van der Waals surface area contributed by atoms with Gasteiger partial charge in [-0.15, -0.1) is 0 Å². The van der Waals surface area contributed by atoms with Crippen LogP contribution < -0.4 is 5.32 Å². The number of amides is 1. The van der Waals surface area contributed by atoms with Crippen LogP contribution in [0.2, 0.25) is 0 Å². The predicted molar refractivity (Wildman–Crippen MR) is 61.8 cm³/mol. The van der Waals surface area contributed by atoms with Crippen LogP contribution in [0, 0.1) is 0 Å². The van der Waals surface area contributed by atoms with E-state index in [-0.39, 0.29) is 11.9 Å². The summed E-state index contributed by atoms with van der Waals surface area (Å²) in [5.74, 6) is 0.221. The molecular formula is C13H16N2O. The van der Waals surface area contributed by atoms with Crippen molar-refractivity contribution in [2.75, 3.05) is 6.54 Å². The maximum atomic E-state index is 11.7. The van der Waals surface area contributed by atoms with Crippen LogP contribution in [0.1, 0.15) is 18.4 Å². The molecule has 2 unspecified atom stereocenters.